The van der Waals surface area contributed by atoms with Crippen molar-refractivity contribution in [1.82, 2.24) is 0 Å². The lowest BCUT2D eigenvalue weighted by Crippen LogP contribution is -1.90. The molecule has 0 unspecified atom stereocenters. The van der Waals surface area contributed by atoms with Crippen molar-refractivity contribution in [3.63, 3.8) is 0 Å². The molecule has 0 heterocycles. The molecule has 0 nitrogen and oxygen atoms in total. The minimum Gasteiger partial charge on any atom is -0.103 e. The molecule has 0 spiro atoms. The van der Waals surface area contributed by atoms with Gasteiger partial charge in [-0.3, -0.25) is 0 Å². The van der Waals surface area contributed by atoms with Crippen LogP contribution in [0.5, 0.6) is 0 Å². The Labute approximate surface area is 46.4 Å². The van der Waals surface area contributed by atoms with Gasteiger partial charge < -0.3 is 0 Å². The van der Waals surface area contributed by atoms with Crippen LogP contribution in [0.25, 0.3) is 0 Å². The number of hydrogen-bond acceptors (Lipinski definition) is 0. The van der Waals surface area contributed by atoms with Crippen molar-refractivity contribution in [2.75, 3.05) is 0 Å². The minimum absolute atomic E-state index is 0.133. The third-order valence-electron chi connectivity index (χ3n) is 0.563. The smallest absolute Gasteiger partial charge is 0.103 e. The van der Waals surface area contributed by atoms with Crippen LogP contribution in [0.2, 0.25) is 0 Å². The van der Waals surface area contributed by atoms with Crippen LogP contribution in [0.3, 0.4) is 0 Å². The van der Waals surface area contributed by atoms with Gasteiger partial charge in [-0.2, -0.15) is 0 Å². The summed E-state index contributed by atoms with van der Waals surface area (Å²) in [5.41, 5.74) is 0. The van der Waals surface area contributed by atoms with E-state index < -0.39 is 0 Å². The summed E-state index contributed by atoms with van der Waals surface area (Å²) >= 11 is 10.6. The van der Waals surface area contributed by atoms with Gasteiger partial charge in [0.25, 0.3) is 0 Å². The standard InChI is InChI=1S/C4H2Cl2/c5-4(6)3-1-2-3/h3-4H. The summed E-state index contributed by atoms with van der Waals surface area (Å²) in [7, 11) is 0. The number of halogens is 2. The van der Waals surface area contributed by atoms with E-state index in [2.05, 4.69) is 11.8 Å². The quantitative estimate of drug-likeness (QED) is 0.363. The fourth-order valence-corrected chi connectivity index (χ4v) is 0.426. The second-order valence-corrected chi connectivity index (χ2v) is 2.26. The first-order valence-electron chi connectivity index (χ1n) is 1.60. The lowest BCUT2D eigenvalue weighted by Gasteiger charge is -1.87. The van der Waals surface area contributed by atoms with Crippen molar-refractivity contribution in [2.24, 2.45) is 5.92 Å². The molecule has 0 atom stereocenters. The van der Waals surface area contributed by atoms with E-state index >= 15 is 0 Å². The second-order valence-electron chi connectivity index (χ2n) is 1.10. The van der Waals surface area contributed by atoms with Crippen LogP contribution in [0, 0.1) is 17.8 Å². The van der Waals surface area contributed by atoms with E-state index in [1.165, 1.54) is 0 Å². The van der Waals surface area contributed by atoms with Crippen molar-refractivity contribution in [1.29, 1.82) is 0 Å². The first-order valence-corrected chi connectivity index (χ1v) is 2.47. The van der Waals surface area contributed by atoms with Gasteiger partial charge in [-0.1, -0.05) is 11.8 Å². The highest BCUT2D eigenvalue weighted by Gasteiger charge is 2.17. The molecule has 0 aromatic rings. The molecule has 0 bridgehead atoms. The van der Waals surface area contributed by atoms with E-state index in [0.717, 1.165) is 0 Å². The molecule has 0 aromatic heterocycles. The molecule has 2 heteroatoms. The van der Waals surface area contributed by atoms with E-state index in [1.807, 2.05) is 0 Å². The Kier molecular flexibility index (Phi) is 0.954. The van der Waals surface area contributed by atoms with Crippen molar-refractivity contribution >= 4 is 23.2 Å². The zero-order chi connectivity index (χ0) is 4.57. The Morgan fingerprint density at radius 2 is 1.83 bits per heavy atom. The van der Waals surface area contributed by atoms with Crippen LogP contribution in [0.4, 0.5) is 0 Å². The van der Waals surface area contributed by atoms with Gasteiger partial charge >= 0.3 is 0 Å². The molecule has 0 aromatic carbocycles. The fourth-order valence-electron chi connectivity index (χ4n) is 0.174. The second kappa shape index (κ2) is 1.33. The number of hydrogen-bond donors (Lipinski definition) is 0. The normalized spacial score (nSPS) is 17.2. The lowest BCUT2D eigenvalue weighted by atomic mass is 10.4. The highest BCUT2D eigenvalue weighted by molar-refractivity contribution is 6.45. The Morgan fingerprint density at radius 1 is 1.33 bits per heavy atom. The minimum atomic E-state index is -0.315. The van der Waals surface area contributed by atoms with E-state index in [1.54, 1.807) is 0 Å². The summed E-state index contributed by atoms with van der Waals surface area (Å²) in [6.45, 7) is 0. The third-order valence-corrected chi connectivity index (χ3v) is 1.07. The fraction of sp³-hybridized carbons (Fsp3) is 0.500. The van der Waals surface area contributed by atoms with Gasteiger partial charge in [0, 0.05) is 0 Å². The van der Waals surface area contributed by atoms with Crippen LogP contribution in [0.1, 0.15) is 0 Å². The summed E-state index contributed by atoms with van der Waals surface area (Å²) < 4.78 is 0. The maximum atomic E-state index is 5.32. The number of alkyl halides is 2. The van der Waals surface area contributed by atoms with Crippen molar-refractivity contribution < 1.29 is 0 Å². The van der Waals surface area contributed by atoms with Crippen molar-refractivity contribution in [3.05, 3.63) is 0 Å². The van der Waals surface area contributed by atoms with Crippen LogP contribution in [0.15, 0.2) is 0 Å². The van der Waals surface area contributed by atoms with Gasteiger partial charge in [-0.15, -0.1) is 23.2 Å². The molecule has 0 saturated carbocycles. The van der Waals surface area contributed by atoms with Crippen LogP contribution in [-0.4, -0.2) is 4.84 Å². The average molecular weight is 121 g/mol. The molecule has 1 rings (SSSR count). The predicted molar refractivity (Wildman–Crippen MR) is 26.8 cm³/mol. The molecule has 0 radical (unpaired) electrons. The molecule has 0 aliphatic heterocycles. The Bertz CT molecular complexity index is 98.5. The van der Waals surface area contributed by atoms with E-state index in [9.17, 15) is 0 Å². The monoisotopic (exact) mass is 120 g/mol. The highest BCUT2D eigenvalue weighted by Crippen LogP contribution is 2.19. The van der Waals surface area contributed by atoms with Gasteiger partial charge in [0.1, 0.15) is 10.8 Å². The first-order chi connectivity index (χ1) is 2.80. The Morgan fingerprint density at radius 3 is 1.83 bits per heavy atom. The van der Waals surface area contributed by atoms with Gasteiger partial charge in [0.2, 0.25) is 0 Å². The Balaban J connectivity index is 2.18. The van der Waals surface area contributed by atoms with Crippen molar-refractivity contribution in [2.45, 2.75) is 4.84 Å². The molecule has 1 aliphatic rings. The van der Waals surface area contributed by atoms with Gasteiger partial charge in [0.15, 0.2) is 0 Å². The van der Waals surface area contributed by atoms with Crippen LogP contribution >= 0.6 is 23.2 Å². The summed E-state index contributed by atoms with van der Waals surface area (Å²) in [6.07, 6.45) is 0. The molecular weight excluding hydrogens is 119 g/mol. The first kappa shape index (κ1) is 4.30. The average Bonchev–Trinajstić information content (AvgIpc) is 2.06. The van der Waals surface area contributed by atoms with Crippen LogP contribution in [-0.2, 0) is 0 Å². The molecule has 6 heavy (non-hydrogen) atoms. The lowest BCUT2D eigenvalue weighted by molar-refractivity contribution is 1.05. The van der Waals surface area contributed by atoms with Gasteiger partial charge in [-0.05, 0) is 0 Å². The van der Waals surface area contributed by atoms with Crippen molar-refractivity contribution in [3.8, 4) is 11.8 Å². The maximum absolute atomic E-state index is 5.32. The highest BCUT2D eigenvalue weighted by atomic mass is 35.5. The van der Waals surface area contributed by atoms with Gasteiger partial charge in [0.05, 0.1) is 0 Å². The summed E-state index contributed by atoms with van der Waals surface area (Å²) in [6, 6.07) is 0. The van der Waals surface area contributed by atoms with E-state index in [0.29, 0.717) is 0 Å². The molecule has 0 saturated heterocycles. The molecule has 0 fully saturated rings. The van der Waals surface area contributed by atoms with E-state index in [-0.39, 0.29) is 10.8 Å². The van der Waals surface area contributed by atoms with Gasteiger partial charge in [-0.25, -0.2) is 0 Å². The predicted octanol–water partition coefficient (Wildman–Crippen LogP) is 1.42. The SMILES string of the molecule is ClC(Cl)C1C#C1. The summed E-state index contributed by atoms with van der Waals surface area (Å²) in [5, 5.41) is 0. The molecule has 0 amide bonds. The summed E-state index contributed by atoms with van der Waals surface area (Å²) in [5.74, 6) is 5.57. The molecule has 1 aliphatic carbocycles. The largest absolute Gasteiger partial charge is 0.132 e. The summed E-state index contributed by atoms with van der Waals surface area (Å²) in [4.78, 5) is -0.315. The van der Waals surface area contributed by atoms with Crippen LogP contribution < -0.4 is 0 Å². The van der Waals surface area contributed by atoms with E-state index in [4.69, 9.17) is 23.2 Å². The zero-order valence-electron chi connectivity index (χ0n) is 2.91. The maximum Gasteiger partial charge on any atom is 0.132 e. The molecule has 32 valence electrons. The Hall–Kier alpha value is 0.140. The zero-order valence-corrected chi connectivity index (χ0v) is 4.42. The molecule has 0 N–H and O–H groups in total. The third kappa shape index (κ3) is 0.801. The molecular formula is C4H2Cl2. The number of rotatable bonds is 1. The topological polar surface area (TPSA) is 0 Å².